The fraction of sp³-hybridized carbons (Fsp3) is 0.500. The van der Waals surface area contributed by atoms with Crippen molar-refractivity contribution in [2.75, 3.05) is 20.3 Å². The Bertz CT molecular complexity index is 1240. The molecule has 8 N–H and O–H groups in total. The molecule has 0 aliphatic rings. The van der Waals surface area contributed by atoms with Crippen molar-refractivity contribution in [1.29, 1.82) is 0 Å². The number of methoxy groups -OCH3 is 1. The summed E-state index contributed by atoms with van der Waals surface area (Å²) < 4.78 is 50.9. The first-order chi connectivity index (χ1) is 16.4. The quantitative estimate of drug-likeness (QED) is 0.100. The summed E-state index contributed by atoms with van der Waals surface area (Å²) in [6, 6.07) is 0. The van der Waals surface area contributed by atoms with Crippen molar-refractivity contribution in [2.45, 2.75) is 25.2 Å². The van der Waals surface area contributed by atoms with E-state index in [1.54, 1.807) is 0 Å². The number of aliphatic hydroxyl groups excluding tert-OH is 1. The lowest BCUT2D eigenvalue weighted by Gasteiger charge is -2.21. The predicted octanol–water partition coefficient (Wildman–Crippen LogP) is -1.21. The molecular weight excluding hydrogens is 559 g/mol. The van der Waals surface area contributed by atoms with Gasteiger partial charge in [0.15, 0.2) is 0 Å². The van der Waals surface area contributed by atoms with Gasteiger partial charge in [-0.1, -0.05) is 11.8 Å². The van der Waals surface area contributed by atoms with Gasteiger partial charge in [-0.25, -0.2) is 23.3 Å². The van der Waals surface area contributed by atoms with Crippen LogP contribution in [0.5, 0.6) is 0 Å². The molecule has 1 aromatic rings. The van der Waals surface area contributed by atoms with Crippen LogP contribution in [0.2, 0.25) is 0 Å². The lowest BCUT2D eigenvalue weighted by atomic mass is 10.1. The highest BCUT2D eigenvalue weighted by Crippen LogP contribution is 2.66. The summed E-state index contributed by atoms with van der Waals surface area (Å²) in [5, 5.41) is 20.6. The monoisotopic (exact) mass is 581 g/mol. The Morgan fingerprint density at radius 1 is 1.17 bits per heavy atom. The summed E-state index contributed by atoms with van der Waals surface area (Å²) in [7, 11) is -15.5. The van der Waals surface area contributed by atoms with Crippen molar-refractivity contribution < 1.29 is 66.2 Å². The van der Waals surface area contributed by atoms with Crippen LogP contribution in [0.3, 0.4) is 0 Å². The van der Waals surface area contributed by atoms with Gasteiger partial charge in [0.2, 0.25) is 0 Å². The molecule has 0 saturated carbocycles. The molecule has 204 valence electrons. The van der Waals surface area contributed by atoms with E-state index in [1.807, 2.05) is 10.3 Å². The number of hydrogen-bond donors (Lipinski definition) is 8. The second kappa shape index (κ2) is 13.4. The Kier molecular flexibility index (Phi) is 11.9. The Balaban J connectivity index is 2.81. The molecule has 1 rings (SSSR count). The van der Waals surface area contributed by atoms with Gasteiger partial charge in [-0.3, -0.25) is 18.9 Å². The number of phosphoric acid groups is 3. The normalized spacial score (nSPS) is 16.6. The molecule has 3 unspecified atom stereocenters. The van der Waals surface area contributed by atoms with Crippen LogP contribution >= 0.6 is 23.5 Å². The van der Waals surface area contributed by atoms with E-state index >= 15 is 0 Å². The van der Waals surface area contributed by atoms with Crippen LogP contribution in [-0.4, -0.2) is 71.8 Å². The molecule has 0 aliphatic carbocycles. The zero-order valence-electron chi connectivity index (χ0n) is 18.1. The van der Waals surface area contributed by atoms with Crippen LogP contribution < -0.4 is 16.6 Å². The largest absolute Gasteiger partial charge is 0.490 e. The van der Waals surface area contributed by atoms with E-state index in [-0.39, 0.29) is 18.5 Å². The Labute approximate surface area is 201 Å². The average molecular weight is 581 g/mol. The standard InChI is InChI=1S/C14H22N3O16P3/c1-30-11(17-8-9(12(19)16-13(17)20)3-2-5-15-14(21)22)7-10(18)4-6-31-35(26,27)33-36(28,29)32-34(23,24)25/h8,10-11,15,18H,4-7H2,1H3,(H,21,22)(H,26,27)(H,28,29)(H,16,19,20)(H2,23,24,25)/t10-,11?/m0/s1. The highest BCUT2D eigenvalue weighted by molar-refractivity contribution is 7.66. The highest BCUT2D eigenvalue weighted by atomic mass is 31.3. The molecule has 0 aromatic carbocycles. The number of carboxylic acid groups (broad SMARTS) is 1. The number of ether oxygens (including phenoxy) is 1. The molecule has 1 amide bonds. The second-order valence-corrected chi connectivity index (χ2v) is 10.9. The number of aromatic nitrogens is 2. The lowest BCUT2D eigenvalue weighted by molar-refractivity contribution is -0.00926. The third-order valence-corrected chi connectivity index (χ3v) is 7.53. The molecule has 36 heavy (non-hydrogen) atoms. The van der Waals surface area contributed by atoms with Gasteiger partial charge >= 0.3 is 35.3 Å². The van der Waals surface area contributed by atoms with Gasteiger partial charge in [-0.2, -0.15) is 8.62 Å². The van der Waals surface area contributed by atoms with Gasteiger partial charge in [0.05, 0.1) is 19.3 Å². The summed E-state index contributed by atoms with van der Waals surface area (Å²) in [6.07, 6.45) is -3.72. The van der Waals surface area contributed by atoms with Crippen LogP contribution in [0.25, 0.3) is 0 Å². The maximum atomic E-state index is 12.1. The number of hydrogen-bond acceptors (Lipinski definition) is 11. The minimum Gasteiger partial charge on any atom is -0.465 e. The van der Waals surface area contributed by atoms with Gasteiger partial charge in [0.25, 0.3) is 5.56 Å². The Morgan fingerprint density at radius 3 is 2.36 bits per heavy atom. The van der Waals surface area contributed by atoms with E-state index in [9.17, 15) is 38.1 Å². The van der Waals surface area contributed by atoms with Gasteiger partial charge in [-0.15, -0.1) is 0 Å². The van der Waals surface area contributed by atoms with Gasteiger partial charge < -0.3 is 39.8 Å². The number of amides is 1. The molecule has 1 heterocycles. The van der Waals surface area contributed by atoms with Crippen LogP contribution in [-0.2, 0) is 31.6 Å². The van der Waals surface area contributed by atoms with Crippen molar-refractivity contribution in [1.82, 2.24) is 14.9 Å². The van der Waals surface area contributed by atoms with E-state index < -0.39 is 66.2 Å². The fourth-order valence-electron chi connectivity index (χ4n) is 2.33. The number of rotatable bonds is 13. The molecular formula is C14H22N3O16P3. The molecule has 19 nitrogen and oxygen atoms in total. The van der Waals surface area contributed by atoms with Crippen molar-refractivity contribution in [3.8, 4) is 11.8 Å². The minimum absolute atomic E-state index is 0.231. The minimum atomic E-state index is -5.69. The first-order valence-electron chi connectivity index (χ1n) is 9.25. The molecule has 1 aromatic heterocycles. The third-order valence-electron chi connectivity index (χ3n) is 3.70. The first kappa shape index (κ1) is 31.9. The summed E-state index contributed by atoms with van der Waals surface area (Å²) in [6.45, 7) is -1.09. The molecule has 4 atom stereocenters. The second-order valence-electron chi connectivity index (χ2n) is 6.46. The number of aromatic amines is 1. The Hall–Kier alpha value is -2.16. The van der Waals surface area contributed by atoms with Crippen LogP contribution in [0, 0.1) is 11.8 Å². The van der Waals surface area contributed by atoms with Crippen LogP contribution in [0.4, 0.5) is 4.79 Å². The van der Waals surface area contributed by atoms with Crippen LogP contribution in [0.15, 0.2) is 15.8 Å². The van der Waals surface area contributed by atoms with E-state index in [1.165, 1.54) is 0 Å². The number of H-pyrrole nitrogens is 1. The van der Waals surface area contributed by atoms with E-state index in [4.69, 9.17) is 24.5 Å². The highest BCUT2D eigenvalue weighted by Gasteiger charge is 2.40. The van der Waals surface area contributed by atoms with Crippen molar-refractivity contribution in [3.05, 3.63) is 32.6 Å². The maximum Gasteiger partial charge on any atom is 0.490 e. The molecule has 0 fully saturated rings. The number of carbonyl (C=O) groups is 1. The van der Waals surface area contributed by atoms with Gasteiger partial charge in [-0.05, 0) is 6.42 Å². The fourth-order valence-corrected chi connectivity index (χ4v) is 5.36. The molecule has 0 radical (unpaired) electrons. The van der Waals surface area contributed by atoms with Crippen molar-refractivity contribution in [3.63, 3.8) is 0 Å². The number of phosphoric ester groups is 1. The number of nitrogens with zero attached hydrogens (tertiary/aromatic N) is 1. The topological polar surface area (TPSA) is 293 Å². The maximum absolute atomic E-state index is 12.1. The van der Waals surface area contributed by atoms with Gasteiger partial charge in [0.1, 0.15) is 11.8 Å². The summed E-state index contributed by atoms with van der Waals surface area (Å²) in [5.74, 6) is 4.71. The smallest absolute Gasteiger partial charge is 0.465 e. The predicted molar refractivity (Wildman–Crippen MR) is 115 cm³/mol. The van der Waals surface area contributed by atoms with E-state index in [0.29, 0.717) is 0 Å². The zero-order chi connectivity index (χ0) is 27.7. The first-order valence-corrected chi connectivity index (χ1v) is 13.8. The summed E-state index contributed by atoms with van der Waals surface area (Å²) in [4.78, 5) is 71.8. The van der Waals surface area contributed by atoms with Gasteiger partial charge in [0, 0.05) is 19.7 Å². The molecule has 0 aliphatic heterocycles. The molecule has 0 spiro atoms. The SMILES string of the molecule is COC(C[C@@H](O)CCOP(=O)(O)OP(=O)(O)OP(=O)(O)O)n1cc(C#CCNC(=O)O)c(=O)[nH]c1=O. The number of nitrogens with one attached hydrogen (secondary N) is 2. The molecule has 0 saturated heterocycles. The summed E-state index contributed by atoms with van der Waals surface area (Å²) >= 11 is 0. The van der Waals surface area contributed by atoms with Crippen molar-refractivity contribution >= 4 is 29.6 Å². The molecule has 0 bridgehead atoms. The van der Waals surface area contributed by atoms with E-state index in [0.717, 1.165) is 17.9 Å². The summed E-state index contributed by atoms with van der Waals surface area (Å²) in [5.41, 5.74) is -2.04. The number of aliphatic hydroxyl groups is 1. The third kappa shape index (κ3) is 12.2. The Morgan fingerprint density at radius 2 is 1.81 bits per heavy atom. The molecule has 22 heteroatoms. The zero-order valence-corrected chi connectivity index (χ0v) is 20.8. The van der Waals surface area contributed by atoms with Crippen molar-refractivity contribution in [2.24, 2.45) is 0 Å². The van der Waals surface area contributed by atoms with Crippen LogP contribution in [0.1, 0.15) is 24.6 Å². The van der Waals surface area contributed by atoms with E-state index in [2.05, 4.69) is 25.0 Å². The average Bonchev–Trinajstić information content (AvgIpc) is 2.67. The lowest BCUT2D eigenvalue weighted by Crippen LogP contribution is -2.35.